The van der Waals surface area contributed by atoms with E-state index in [9.17, 15) is 10.2 Å². The van der Waals surface area contributed by atoms with Crippen molar-refractivity contribution < 1.29 is 10.2 Å². The third-order valence-electron chi connectivity index (χ3n) is 4.80. The third-order valence-corrected chi connectivity index (χ3v) is 4.80. The highest BCUT2D eigenvalue weighted by Crippen LogP contribution is 2.26. The van der Waals surface area contributed by atoms with E-state index in [0.29, 0.717) is 11.8 Å². The first-order chi connectivity index (χ1) is 11.6. The first-order valence-corrected chi connectivity index (χ1v) is 8.71. The zero-order valence-corrected chi connectivity index (χ0v) is 14.2. The van der Waals surface area contributed by atoms with Crippen molar-refractivity contribution in [3.8, 4) is 5.75 Å². The summed E-state index contributed by atoms with van der Waals surface area (Å²) in [4.78, 5) is 6.76. The lowest BCUT2D eigenvalue weighted by Gasteiger charge is -2.36. The van der Waals surface area contributed by atoms with Crippen molar-refractivity contribution >= 4 is 0 Å². The molecule has 0 bridgehead atoms. The summed E-state index contributed by atoms with van der Waals surface area (Å²) < 4.78 is 0. The van der Waals surface area contributed by atoms with Gasteiger partial charge in [-0.1, -0.05) is 18.2 Å². The zero-order chi connectivity index (χ0) is 16.9. The molecule has 1 aliphatic carbocycles. The Kier molecular flexibility index (Phi) is 5.48. The van der Waals surface area contributed by atoms with E-state index in [1.807, 2.05) is 24.5 Å². The van der Waals surface area contributed by atoms with Crippen molar-refractivity contribution in [3.05, 3.63) is 59.4 Å². The quantitative estimate of drug-likeness (QED) is 0.884. The normalized spacial score (nSPS) is 21.1. The van der Waals surface area contributed by atoms with E-state index in [4.69, 9.17) is 0 Å². The molecule has 1 aliphatic rings. The average molecular weight is 326 g/mol. The average Bonchev–Trinajstić information content (AvgIpc) is 2.55. The molecular weight excluding hydrogens is 300 g/mol. The Bertz CT molecular complexity index is 619. The van der Waals surface area contributed by atoms with E-state index < -0.39 is 0 Å². The van der Waals surface area contributed by atoms with Crippen molar-refractivity contribution in [3.63, 3.8) is 0 Å². The largest absolute Gasteiger partial charge is 0.508 e. The van der Waals surface area contributed by atoms with Crippen molar-refractivity contribution in [1.29, 1.82) is 0 Å². The maximum atomic E-state index is 9.80. The van der Waals surface area contributed by atoms with Crippen LogP contribution in [-0.4, -0.2) is 32.2 Å². The fraction of sp³-hybridized carbons (Fsp3) is 0.450. The van der Waals surface area contributed by atoms with Crippen LogP contribution in [-0.2, 0) is 13.1 Å². The summed E-state index contributed by atoms with van der Waals surface area (Å²) in [6, 6.07) is 10.1. The number of pyridine rings is 1. The van der Waals surface area contributed by atoms with Gasteiger partial charge in [0, 0.05) is 31.5 Å². The predicted molar refractivity (Wildman–Crippen MR) is 94.6 cm³/mol. The van der Waals surface area contributed by atoms with Gasteiger partial charge in [-0.3, -0.25) is 9.88 Å². The minimum atomic E-state index is -0.149. The Balaban J connectivity index is 1.77. The number of aromatic nitrogens is 1. The molecule has 1 aromatic heterocycles. The smallest absolute Gasteiger partial charge is 0.115 e. The molecular formula is C20H26N2O2. The SMILES string of the molecule is Cc1cncc(CN(Cc2cccc(O)c2)C2CCC(O)CC2)c1. The fourth-order valence-corrected chi connectivity index (χ4v) is 3.57. The molecule has 0 radical (unpaired) electrons. The van der Waals surface area contributed by atoms with Crippen molar-refractivity contribution in [2.45, 2.75) is 57.8 Å². The summed E-state index contributed by atoms with van der Waals surface area (Å²) in [7, 11) is 0. The Morgan fingerprint density at radius 2 is 1.79 bits per heavy atom. The second-order valence-corrected chi connectivity index (χ2v) is 6.91. The number of nitrogens with zero attached hydrogens (tertiary/aromatic N) is 2. The van der Waals surface area contributed by atoms with Gasteiger partial charge >= 0.3 is 0 Å². The number of aromatic hydroxyl groups is 1. The van der Waals surface area contributed by atoms with Gasteiger partial charge in [-0.05, 0) is 61.4 Å². The molecule has 0 spiro atoms. The highest BCUT2D eigenvalue weighted by atomic mass is 16.3. The molecule has 3 rings (SSSR count). The van der Waals surface area contributed by atoms with Gasteiger partial charge in [0.25, 0.3) is 0 Å². The first kappa shape index (κ1) is 16.9. The summed E-state index contributed by atoms with van der Waals surface area (Å²) in [5.74, 6) is 0.309. The number of hydrogen-bond acceptors (Lipinski definition) is 4. The highest BCUT2D eigenvalue weighted by molar-refractivity contribution is 5.27. The highest BCUT2D eigenvalue weighted by Gasteiger charge is 2.25. The lowest BCUT2D eigenvalue weighted by molar-refractivity contribution is 0.0665. The number of phenols is 1. The van der Waals surface area contributed by atoms with Gasteiger partial charge in [0.2, 0.25) is 0 Å². The number of aliphatic hydroxyl groups excluding tert-OH is 1. The molecule has 1 fully saturated rings. The molecule has 0 aliphatic heterocycles. The van der Waals surface area contributed by atoms with Crippen LogP contribution in [0.3, 0.4) is 0 Å². The second kappa shape index (κ2) is 7.77. The molecule has 1 heterocycles. The molecule has 4 nitrogen and oxygen atoms in total. The van der Waals surface area contributed by atoms with E-state index in [0.717, 1.165) is 44.3 Å². The van der Waals surface area contributed by atoms with E-state index in [1.54, 1.807) is 6.07 Å². The van der Waals surface area contributed by atoms with Crippen LogP contribution in [0.25, 0.3) is 0 Å². The van der Waals surface area contributed by atoms with Crippen LogP contribution in [0, 0.1) is 6.92 Å². The van der Waals surface area contributed by atoms with Crippen LogP contribution in [0.5, 0.6) is 5.75 Å². The topological polar surface area (TPSA) is 56.6 Å². The number of phenolic OH excluding ortho intramolecular Hbond substituents is 1. The number of hydrogen-bond donors (Lipinski definition) is 2. The summed E-state index contributed by atoms with van der Waals surface area (Å²) in [5.41, 5.74) is 3.49. The molecule has 0 amide bonds. The zero-order valence-electron chi connectivity index (χ0n) is 14.2. The number of rotatable bonds is 5. The molecule has 1 saturated carbocycles. The van der Waals surface area contributed by atoms with Crippen LogP contribution in [0.15, 0.2) is 42.7 Å². The third kappa shape index (κ3) is 4.56. The molecule has 4 heteroatoms. The van der Waals surface area contributed by atoms with Crippen LogP contribution >= 0.6 is 0 Å². The van der Waals surface area contributed by atoms with E-state index in [1.165, 1.54) is 11.1 Å². The van der Waals surface area contributed by atoms with Gasteiger partial charge in [-0.15, -0.1) is 0 Å². The van der Waals surface area contributed by atoms with Gasteiger partial charge in [-0.2, -0.15) is 0 Å². The maximum Gasteiger partial charge on any atom is 0.115 e. The molecule has 0 unspecified atom stereocenters. The summed E-state index contributed by atoms with van der Waals surface area (Å²) >= 11 is 0. The Labute approximate surface area is 143 Å². The lowest BCUT2D eigenvalue weighted by Crippen LogP contribution is -2.38. The predicted octanol–water partition coefficient (Wildman–Crippen LogP) is 3.40. The van der Waals surface area contributed by atoms with Crippen molar-refractivity contribution in [2.24, 2.45) is 0 Å². The first-order valence-electron chi connectivity index (χ1n) is 8.71. The number of benzene rings is 1. The van der Waals surface area contributed by atoms with Gasteiger partial charge in [0.05, 0.1) is 6.10 Å². The van der Waals surface area contributed by atoms with Crippen molar-refractivity contribution in [2.75, 3.05) is 0 Å². The fourth-order valence-electron chi connectivity index (χ4n) is 3.57. The standard InChI is InChI=1S/C20H26N2O2/c1-15-9-17(12-21-11-15)14-22(18-5-7-19(23)8-6-18)13-16-3-2-4-20(24)10-16/h2-4,9-12,18-19,23-24H,5-8,13-14H2,1H3. The molecule has 0 atom stereocenters. The van der Waals surface area contributed by atoms with Crippen LogP contribution in [0.2, 0.25) is 0 Å². The molecule has 2 aromatic rings. The van der Waals surface area contributed by atoms with Gasteiger partial charge < -0.3 is 10.2 Å². The summed E-state index contributed by atoms with van der Waals surface area (Å²) in [6.45, 7) is 3.70. The Morgan fingerprint density at radius 1 is 1.04 bits per heavy atom. The van der Waals surface area contributed by atoms with Gasteiger partial charge in [-0.25, -0.2) is 0 Å². The van der Waals surface area contributed by atoms with Gasteiger partial charge in [0.15, 0.2) is 0 Å². The molecule has 2 N–H and O–H groups in total. The lowest BCUT2D eigenvalue weighted by atomic mass is 9.91. The van der Waals surface area contributed by atoms with Gasteiger partial charge in [0.1, 0.15) is 5.75 Å². The Hall–Kier alpha value is -1.91. The minimum absolute atomic E-state index is 0.149. The molecule has 1 aromatic carbocycles. The molecule has 0 saturated heterocycles. The van der Waals surface area contributed by atoms with E-state index >= 15 is 0 Å². The van der Waals surface area contributed by atoms with Crippen LogP contribution in [0.4, 0.5) is 0 Å². The minimum Gasteiger partial charge on any atom is -0.508 e. The van der Waals surface area contributed by atoms with E-state index in [2.05, 4.69) is 28.9 Å². The molecule has 24 heavy (non-hydrogen) atoms. The van der Waals surface area contributed by atoms with Crippen LogP contribution in [0.1, 0.15) is 42.4 Å². The number of aryl methyl sites for hydroxylation is 1. The Morgan fingerprint density at radius 3 is 2.50 bits per heavy atom. The van der Waals surface area contributed by atoms with E-state index in [-0.39, 0.29) is 6.10 Å². The maximum absolute atomic E-state index is 9.80. The summed E-state index contributed by atoms with van der Waals surface area (Å²) in [5, 5.41) is 19.5. The van der Waals surface area contributed by atoms with Crippen LogP contribution < -0.4 is 0 Å². The molecule has 128 valence electrons. The summed E-state index contributed by atoms with van der Waals surface area (Å²) in [6.07, 6.45) is 7.42. The number of aliphatic hydroxyl groups is 1. The second-order valence-electron chi connectivity index (χ2n) is 6.91. The monoisotopic (exact) mass is 326 g/mol. The van der Waals surface area contributed by atoms with Crippen molar-refractivity contribution in [1.82, 2.24) is 9.88 Å².